The maximum Gasteiger partial charge on any atom is 0.0900 e. The molecule has 84 valence electrons. The van der Waals surface area contributed by atoms with Gasteiger partial charge >= 0.3 is 0 Å². The Balaban J connectivity index is 2.14. The van der Waals surface area contributed by atoms with Crippen molar-refractivity contribution >= 4 is 23.1 Å². The van der Waals surface area contributed by atoms with Gasteiger partial charge in [-0.1, -0.05) is 6.08 Å². The van der Waals surface area contributed by atoms with E-state index in [4.69, 9.17) is 0 Å². The zero-order chi connectivity index (χ0) is 11.1. The minimum Gasteiger partial charge on any atom is -0.311 e. The normalized spacial score (nSPS) is 10.5. The van der Waals surface area contributed by atoms with Crippen molar-refractivity contribution in [2.24, 2.45) is 0 Å². The van der Waals surface area contributed by atoms with E-state index in [1.54, 1.807) is 11.3 Å². The first-order chi connectivity index (χ1) is 7.24. The average molecular weight is 242 g/mol. The molecule has 0 fully saturated rings. The molecule has 0 radical (unpaired) electrons. The Morgan fingerprint density at radius 3 is 2.93 bits per heavy atom. The van der Waals surface area contributed by atoms with Crippen LogP contribution >= 0.6 is 23.1 Å². The number of nitrogens with one attached hydrogen (secondary N) is 1. The molecule has 0 spiro atoms. The maximum absolute atomic E-state index is 4.40. The number of hydrogen-bond donors (Lipinski definition) is 1. The molecule has 1 aromatic heterocycles. The SMILES string of the molecule is C=CCSCCNCc1sc(C)nc1C. The first kappa shape index (κ1) is 12.7. The molecule has 0 aliphatic heterocycles. The largest absolute Gasteiger partial charge is 0.311 e. The summed E-state index contributed by atoms with van der Waals surface area (Å²) in [6.07, 6.45) is 1.95. The first-order valence-electron chi connectivity index (χ1n) is 5.06. The van der Waals surface area contributed by atoms with Crippen LogP contribution in [-0.4, -0.2) is 23.0 Å². The lowest BCUT2D eigenvalue weighted by molar-refractivity contribution is 0.736. The second-order valence-electron chi connectivity index (χ2n) is 3.28. The quantitative estimate of drug-likeness (QED) is 0.588. The van der Waals surface area contributed by atoms with Crippen LogP contribution in [0, 0.1) is 13.8 Å². The number of hydrogen-bond acceptors (Lipinski definition) is 4. The van der Waals surface area contributed by atoms with Crippen molar-refractivity contribution in [2.75, 3.05) is 18.1 Å². The summed E-state index contributed by atoms with van der Waals surface area (Å²) in [6.45, 7) is 9.83. The molecule has 1 rings (SSSR count). The fraction of sp³-hybridized carbons (Fsp3) is 0.545. The molecule has 15 heavy (non-hydrogen) atoms. The van der Waals surface area contributed by atoms with Crippen molar-refractivity contribution in [3.8, 4) is 0 Å². The van der Waals surface area contributed by atoms with Crippen LogP contribution in [0.25, 0.3) is 0 Å². The van der Waals surface area contributed by atoms with E-state index in [0.29, 0.717) is 0 Å². The highest BCUT2D eigenvalue weighted by molar-refractivity contribution is 7.99. The van der Waals surface area contributed by atoms with Crippen molar-refractivity contribution in [1.82, 2.24) is 10.3 Å². The molecule has 0 unspecified atom stereocenters. The van der Waals surface area contributed by atoms with Gasteiger partial charge in [0.1, 0.15) is 0 Å². The minimum atomic E-state index is 0.950. The van der Waals surface area contributed by atoms with Crippen LogP contribution in [0.15, 0.2) is 12.7 Å². The molecule has 0 saturated heterocycles. The highest BCUT2D eigenvalue weighted by atomic mass is 32.2. The number of aryl methyl sites for hydroxylation is 2. The van der Waals surface area contributed by atoms with E-state index in [1.165, 1.54) is 10.6 Å². The van der Waals surface area contributed by atoms with E-state index in [2.05, 4.69) is 30.7 Å². The second-order valence-corrected chi connectivity index (χ2v) is 5.72. The standard InChI is InChI=1S/C11H18N2S2/c1-4-6-14-7-5-12-8-11-9(2)13-10(3)15-11/h4,12H,1,5-8H2,2-3H3. The van der Waals surface area contributed by atoms with Gasteiger partial charge in [-0.25, -0.2) is 4.98 Å². The van der Waals surface area contributed by atoms with Crippen LogP contribution < -0.4 is 5.32 Å². The van der Waals surface area contributed by atoms with E-state index in [9.17, 15) is 0 Å². The predicted octanol–water partition coefficient (Wildman–Crippen LogP) is 2.77. The van der Waals surface area contributed by atoms with Gasteiger partial charge in [-0.3, -0.25) is 0 Å². The zero-order valence-corrected chi connectivity index (χ0v) is 11.0. The van der Waals surface area contributed by atoms with Crippen LogP contribution in [0.1, 0.15) is 15.6 Å². The van der Waals surface area contributed by atoms with Gasteiger partial charge in [-0.05, 0) is 13.8 Å². The molecule has 0 saturated carbocycles. The van der Waals surface area contributed by atoms with Crippen molar-refractivity contribution in [3.05, 3.63) is 28.2 Å². The molecule has 0 atom stereocenters. The van der Waals surface area contributed by atoms with Gasteiger partial charge in [0.05, 0.1) is 10.7 Å². The lowest BCUT2D eigenvalue weighted by atomic mass is 10.4. The third-order valence-corrected chi connectivity index (χ3v) is 3.98. The Bertz CT molecular complexity index is 308. The van der Waals surface area contributed by atoms with Gasteiger partial charge < -0.3 is 5.32 Å². The van der Waals surface area contributed by atoms with Gasteiger partial charge in [0.25, 0.3) is 0 Å². The molecule has 1 heterocycles. The van der Waals surface area contributed by atoms with E-state index in [-0.39, 0.29) is 0 Å². The zero-order valence-electron chi connectivity index (χ0n) is 9.38. The van der Waals surface area contributed by atoms with Gasteiger partial charge in [0.15, 0.2) is 0 Å². The molecular weight excluding hydrogens is 224 g/mol. The fourth-order valence-corrected chi connectivity index (χ4v) is 2.78. The highest BCUT2D eigenvalue weighted by Crippen LogP contribution is 2.16. The number of nitrogens with zero attached hydrogens (tertiary/aromatic N) is 1. The van der Waals surface area contributed by atoms with Crippen LogP contribution in [0.3, 0.4) is 0 Å². The van der Waals surface area contributed by atoms with Crippen molar-refractivity contribution in [2.45, 2.75) is 20.4 Å². The number of aromatic nitrogens is 1. The van der Waals surface area contributed by atoms with Crippen LogP contribution in [0.4, 0.5) is 0 Å². The Morgan fingerprint density at radius 2 is 2.33 bits per heavy atom. The van der Waals surface area contributed by atoms with Crippen molar-refractivity contribution < 1.29 is 0 Å². The Morgan fingerprint density at radius 1 is 1.53 bits per heavy atom. The van der Waals surface area contributed by atoms with E-state index in [1.807, 2.05) is 17.8 Å². The van der Waals surface area contributed by atoms with Crippen molar-refractivity contribution in [3.63, 3.8) is 0 Å². The van der Waals surface area contributed by atoms with Crippen LogP contribution in [0.5, 0.6) is 0 Å². The molecule has 0 amide bonds. The van der Waals surface area contributed by atoms with Gasteiger partial charge in [-0.2, -0.15) is 11.8 Å². The third-order valence-electron chi connectivity index (χ3n) is 1.94. The summed E-state index contributed by atoms with van der Waals surface area (Å²) in [5.41, 5.74) is 1.17. The van der Waals surface area contributed by atoms with Gasteiger partial charge in [0.2, 0.25) is 0 Å². The molecule has 4 heteroatoms. The summed E-state index contributed by atoms with van der Waals surface area (Å²) in [6, 6.07) is 0. The summed E-state index contributed by atoms with van der Waals surface area (Å²) in [7, 11) is 0. The number of thiazole rings is 1. The molecule has 1 N–H and O–H groups in total. The van der Waals surface area contributed by atoms with Gasteiger partial charge in [0, 0.05) is 29.5 Å². The Labute approximate surface area is 100 Å². The smallest absolute Gasteiger partial charge is 0.0900 e. The molecule has 1 aromatic rings. The number of rotatable bonds is 7. The molecule has 0 bridgehead atoms. The molecule has 0 aromatic carbocycles. The third kappa shape index (κ3) is 4.82. The van der Waals surface area contributed by atoms with E-state index < -0.39 is 0 Å². The predicted molar refractivity (Wildman–Crippen MR) is 70.8 cm³/mol. The maximum atomic E-state index is 4.40. The highest BCUT2D eigenvalue weighted by Gasteiger charge is 2.03. The topological polar surface area (TPSA) is 24.9 Å². The van der Waals surface area contributed by atoms with E-state index >= 15 is 0 Å². The monoisotopic (exact) mass is 242 g/mol. The minimum absolute atomic E-state index is 0.950. The molecule has 0 aliphatic carbocycles. The second kappa shape index (κ2) is 7.04. The summed E-state index contributed by atoms with van der Waals surface area (Å²) in [5.74, 6) is 2.18. The van der Waals surface area contributed by atoms with Crippen LogP contribution in [-0.2, 0) is 6.54 Å². The van der Waals surface area contributed by atoms with E-state index in [0.717, 1.165) is 29.6 Å². The molecular formula is C11H18N2S2. The Kier molecular flexibility index (Phi) is 5.98. The van der Waals surface area contributed by atoms with Crippen molar-refractivity contribution in [1.29, 1.82) is 0 Å². The first-order valence-corrected chi connectivity index (χ1v) is 7.03. The lowest BCUT2D eigenvalue weighted by Gasteiger charge is -2.02. The van der Waals surface area contributed by atoms with Crippen LogP contribution in [0.2, 0.25) is 0 Å². The summed E-state index contributed by atoms with van der Waals surface area (Å²) in [4.78, 5) is 5.76. The summed E-state index contributed by atoms with van der Waals surface area (Å²) in [5, 5.41) is 4.59. The Hall–Kier alpha value is -0.320. The lowest BCUT2D eigenvalue weighted by Crippen LogP contribution is -2.16. The average Bonchev–Trinajstić information content (AvgIpc) is 2.51. The van der Waals surface area contributed by atoms with Gasteiger partial charge in [-0.15, -0.1) is 17.9 Å². The molecule has 0 aliphatic rings. The number of thioether (sulfide) groups is 1. The summed E-state index contributed by atoms with van der Waals surface area (Å²) < 4.78 is 0. The molecule has 2 nitrogen and oxygen atoms in total. The fourth-order valence-electron chi connectivity index (χ4n) is 1.25. The summed E-state index contributed by atoms with van der Waals surface area (Å²) >= 11 is 3.69.